The molecule has 2 unspecified atom stereocenters. The highest BCUT2D eigenvalue weighted by Crippen LogP contribution is 2.41. The lowest BCUT2D eigenvalue weighted by Gasteiger charge is -2.40. The highest BCUT2D eigenvalue weighted by Gasteiger charge is 2.46. The Morgan fingerprint density at radius 2 is 1.59 bits per heavy atom. The van der Waals surface area contributed by atoms with E-state index < -0.39 is 44.2 Å². The average Bonchev–Trinajstić information content (AvgIpc) is 2.96. The Balaban J connectivity index is 2.02. The minimum atomic E-state index is -4.70. The minimum Gasteiger partial charge on any atom is -0.532 e. The van der Waals surface area contributed by atoms with E-state index in [1.54, 1.807) is 12.1 Å². The van der Waals surface area contributed by atoms with Crippen LogP contribution in [0, 0.1) is 0 Å². The summed E-state index contributed by atoms with van der Waals surface area (Å²) in [6.07, 6.45) is -6.42. The van der Waals surface area contributed by atoms with Gasteiger partial charge in [-0.15, -0.1) is 5.06 Å². The molecule has 1 N–H and O–H groups in total. The number of fused-ring (bicyclic) bond motifs is 1. The van der Waals surface area contributed by atoms with E-state index in [0.717, 1.165) is 13.2 Å². The van der Waals surface area contributed by atoms with Crippen molar-refractivity contribution in [3.8, 4) is 0 Å². The van der Waals surface area contributed by atoms with Gasteiger partial charge in [0.2, 0.25) is 0 Å². The van der Waals surface area contributed by atoms with Crippen molar-refractivity contribution < 1.29 is 36.8 Å². The van der Waals surface area contributed by atoms with E-state index in [9.17, 15) is 22.8 Å². The van der Waals surface area contributed by atoms with Gasteiger partial charge in [-0.1, -0.05) is 32.9 Å². The molecule has 0 aromatic heterocycles. The molecule has 2 amide bonds. The van der Waals surface area contributed by atoms with E-state index >= 15 is 0 Å². The molecule has 34 heavy (non-hydrogen) atoms. The molecule has 2 aliphatic heterocycles. The first-order valence-electron chi connectivity index (χ1n) is 10.7. The predicted molar refractivity (Wildman–Crippen MR) is 121 cm³/mol. The van der Waals surface area contributed by atoms with E-state index in [2.05, 4.69) is 5.32 Å². The van der Waals surface area contributed by atoms with Crippen molar-refractivity contribution in [2.45, 2.75) is 64.3 Å². The van der Waals surface area contributed by atoms with Crippen molar-refractivity contribution in [1.82, 2.24) is 10.4 Å². The SMILES string of the molecule is COC1NC(O[Si](C)(C)C(C)(C)C)=C(C(C)ON2C(=O)c3ccccc3C2=O)C=C1C(F)(F)F. The number of hydrogen-bond donors (Lipinski definition) is 1. The Kier molecular flexibility index (Phi) is 6.77. The fourth-order valence-corrected chi connectivity index (χ4v) is 4.27. The number of hydroxylamine groups is 2. The number of carbonyl (C=O) groups excluding carboxylic acids is 2. The van der Waals surface area contributed by atoms with Crippen LogP contribution < -0.4 is 5.32 Å². The van der Waals surface area contributed by atoms with Gasteiger partial charge in [0, 0.05) is 12.7 Å². The molecule has 2 aliphatic rings. The lowest BCUT2D eigenvalue weighted by Crippen LogP contribution is -2.48. The molecule has 0 bridgehead atoms. The van der Waals surface area contributed by atoms with Crippen LogP contribution in [0.5, 0.6) is 0 Å². The zero-order chi connectivity index (χ0) is 25.6. The Morgan fingerprint density at radius 1 is 1.06 bits per heavy atom. The second kappa shape index (κ2) is 8.86. The molecule has 2 atom stereocenters. The molecular weight excluding hydrogens is 469 g/mol. The molecular formula is C23H29F3N2O5Si. The van der Waals surface area contributed by atoms with Crippen LogP contribution in [0.4, 0.5) is 13.2 Å². The molecule has 0 fully saturated rings. The summed E-state index contributed by atoms with van der Waals surface area (Å²) in [5.74, 6) is -1.30. The Bertz CT molecular complexity index is 1020. The van der Waals surface area contributed by atoms with Crippen LogP contribution in [0.2, 0.25) is 18.1 Å². The molecule has 2 heterocycles. The lowest BCUT2D eigenvalue weighted by molar-refractivity contribution is -0.120. The third-order valence-electron chi connectivity index (χ3n) is 6.30. The summed E-state index contributed by atoms with van der Waals surface area (Å²) in [7, 11) is -1.35. The lowest BCUT2D eigenvalue weighted by atomic mass is 10.0. The van der Waals surface area contributed by atoms with Gasteiger partial charge in [0.1, 0.15) is 6.10 Å². The van der Waals surface area contributed by atoms with Crippen molar-refractivity contribution in [3.05, 3.63) is 58.5 Å². The number of nitrogens with zero attached hydrogens (tertiary/aromatic N) is 1. The van der Waals surface area contributed by atoms with Gasteiger partial charge in [-0.05, 0) is 43.3 Å². The topological polar surface area (TPSA) is 77.1 Å². The summed E-state index contributed by atoms with van der Waals surface area (Å²) in [5.41, 5.74) is -0.634. The number of benzene rings is 1. The van der Waals surface area contributed by atoms with Gasteiger partial charge in [-0.2, -0.15) is 13.2 Å². The Hall–Kier alpha value is -2.63. The molecule has 3 rings (SSSR count). The van der Waals surface area contributed by atoms with E-state index in [1.807, 2.05) is 33.9 Å². The molecule has 186 valence electrons. The first-order valence-corrected chi connectivity index (χ1v) is 13.6. The van der Waals surface area contributed by atoms with E-state index in [4.69, 9.17) is 14.0 Å². The zero-order valence-corrected chi connectivity index (χ0v) is 21.2. The van der Waals surface area contributed by atoms with Gasteiger partial charge in [0.25, 0.3) is 20.1 Å². The monoisotopic (exact) mass is 498 g/mol. The number of ether oxygens (including phenoxy) is 1. The fraction of sp³-hybridized carbons (Fsp3) is 0.478. The molecule has 0 saturated carbocycles. The van der Waals surface area contributed by atoms with Crippen molar-refractivity contribution in [3.63, 3.8) is 0 Å². The van der Waals surface area contributed by atoms with Gasteiger partial charge in [0.15, 0.2) is 12.1 Å². The molecule has 1 aromatic carbocycles. The van der Waals surface area contributed by atoms with Gasteiger partial charge >= 0.3 is 6.18 Å². The van der Waals surface area contributed by atoms with Crippen LogP contribution >= 0.6 is 0 Å². The van der Waals surface area contributed by atoms with Crippen molar-refractivity contribution in [2.24, 2.45) is 0 Å². The molecule has 0 saturated heterocycles. The van der Waals surface area contributed by atoms with E-state index in [1.165, 1.54) is 19.1 Å². The smallest absolute Gasteiger partial charge is 0.417 e. The van der Waals surface area contributed by atoms with Crippen molar-refractivity contribution in [1.29, 1.82) is 0 Å². The number of methoxy groups -OCH3 is 1. The maximum absolute atomic E-state index is 13.8. The average molecular weight is 499 g/mol. The molecule has 11 heteroatoms. The maximum atomic E-state index is 13.8. The van der Waals surface area contributed by atoms with Crippen LogP contribution in [-0.2, 0) is 14.0 Å². The number of hydrogen-bond acceptors (Lipinski definition) is 6. The number of carbonyl (C=O) groups is 2. The van der Waals surface area contributed by atoms with Gasteiger partial charge in [0.05, 0.1) is 16.7 Å². The van der Waals surface area contributed by atoms with Crippen LogP contribution in [0.1, 0.15) is 48.4 Å². The number of halogens is 3. The molecule has 0 spiro atoms. The number of imide groups is 1. The van der Waals surface area contributed by atoms with Crippen LogP contribution in [0.25, 0.3) is 0 Å². The Labute approximate surface area is 197 Å². The summed E-state index contributed by atoms with van der Waals surface area (Å²) in [4.78, 5) is 31.0. The predicted octanol–water partition coefficient (Wildman–Crippen LogP) is 4.90. The van der Waals surface area contributed by atoms with Crippen molar-refractivity contribution in [2.75, 3.05) is 7.11 Å². The first kappa shape index (κ1) is 26.0. The zero-order valence-electron chi connectivity index (χ0n) is 20.2. The fourth-order valence-electron chi connectivity index (χ4n) is 3.28. The number of nitrogens with one attached hydrogen (secondary N) is 1. The van der Waals surface area contributed by atoms with Crippen LogP contribution in [0.3, 0.4) is 0 Å². The van der Waals surface area contributed by atoms with Crippen molar-refractivity contribution >= 4 is 20.1 Å². The van der Waals surface area contributed by atoms with E-state index in [0.29, 0.717) is 5.06 Å². The molecule has 0 aliphatic carbocycles. The summed E-state index contributed by atoms with van der Waals surface area (Å²) in [6, 6.07) is 6.20. The quantitative estimate of drug-likeness (QED) is 0.444. The second-order valence-corrected chi connectivity index (χ2v) is 14.4. The largest absolute Gasteiger partial charge is 0.532 e. The highest BCUT2D eigenvalue weighted by atomic mass is 28.4. The summed E-state index contributed by atoms with van der Waals surface area (Å²) >= 11 is 0. The normalized spacial score (nSPS) is 20.2. The molecule has 1 aromatic rings. The second-order valence-electron chi connectivity index (χ2n) is 9.70. The highest BCUT2D eigenvalue weighted by molar-refractivity contribution is 6.74. The maximum Gasteiger partial charge on any atom is 0.417 e. The van der Waals surface area contributed by atoms with Gasteiger partial charge in [-0.3, -0.25) is 14.4 Å². The van der Waals surface area contributed by atoms with Crippen LogP contribution in [0.15, 0.2) is 47.4 Å². The van der Waals surface area contributed by atoms with Gasteiger partial charge in [-0.25, -0.2) is 0 Å². The molecule has 7 nitrogen and oxygen atoms in total. The number of rotatable bonds is 6. The number of amides is 2. The van der Waals surface area contributed by atoms with Gasteiger partial charge < -0.3 is 14.5 Å². The number of alkyl halides is 3. The summed E-state index contributed by atoms with van der Waals surface area (Å²) in [5, 5.41) is 3.02. The third kappa shape index (κ3) is 4.77. The summed E-state index contributed by atoms with van der Waals surface area (Å²) < 4.78 is 52.7. The molecule has 0 radical (unpaired) electrons. The minimum absolute atomic E-state index is 0.0157. The number of dihydropyridines is 1. The standard InChI is InChI=1S/C23H29F3N2O5Si/c1-13(32-28-20(29)14-10-8-9-11-15(14)21(28)30)16-12-17(23(24,25)26)19(31-5)27-18(16)33-34(6,7)22(2,3)4/h8-13,19,27H,1-7H3. The summed E-state index contributed by atoms with van der Waals surface area (Å²) in [6.45, 7) is 11.3. The van der Waals surface area contributed by atoms with Crippen LogP contribution in [-0.4, -0.2) is 50.8 Å². The first-order chi connectivity index (χ1) is 15.6. The van der Waals surface area contributed by atoms with E-state index in [-0.39, 0.29) is 27.6 Å². The third-order valence-corrected chi connectivity index (χ3v) is 10.6. The Morgan fingerprint density at radius 3 is 2.03 bits per heavy atom.